The summed E-state index contributed by atoms with van der Waals surface area (Å²) >= 11 is 3.34. The highest BCUT2D eigenvalue weighted by molar-refractivity contribution is 9.10. The van der Waals surface area contributed by atoms with Crippen molar-refractivity contribution in [2.75, 3.05) is 5.32 Å². The summed E-state index contributed by atoms with van der Waals surface area (Å²) in [6.45, 7) is 1.66. The van der Waals surface area contributed by atoms with Crippen molar-refractivity contribution in [3.8, 4) is 11.5 Å². The zero-order valence-corrected chi connectivity index (χ0v) is 14.8. The van der Waals surface area contributed by atoms with E-state index in [1.165, 1.54) is 12.1 Å². The summed E-state index contributed by atoms with van der Waals surface area (Å²) in [7, 11) is 0. The van der Waals surface area contributed by atoms with Crippen molar-refractivity contribution in [3.63, 3.8) is 0 Å². The van der Waals surface area contributed by atoms with Gasteiger partial charge in [-0.3, -0.25) is 4.79 Å². The summed E-state index contributed by atoms with van der Waals surface area (Å²) in [5.41, 5.74) is 0.481. The van der Waals surface area contributed by atoms with Gasteiger partial charge in [0.1, 0.15) is 0 Å². The number of aryl methyl sites for hydroxylation is 1. The molecular formula is C18H14BrNO5. The zero-order chi connectivity index (χ0) is 18.1. The number of hydrogen-bond donors (Lipinski definition) is 3. The van der Waals surface area contributed by atoms with Crippen LogP contribution in [0.2, 0.25) is 0 Å². The third kappa shape index (κ3) is 3.23. The molecular weight excluding hydrogens is 390 g/mol. The van der Waals surface area contributed by atoms with Gasteiger partial charge in [0.15, 0.2) is 11.3 Å². The second-order valence-corrected chi connectivity index (χ2v) is 6.36. The SMILES string of the molecule is Cc1c(CC(=O)Nc2ccccc2Br)c(=O)oc2c(O)c(O)ccc12. The van der Waals surface area contributed by atoms with Crippen LogP contribution < -0.4 is 10.9 Å². The van der Waals surface area contributed by atoms with E-state index in [0.29, 0.717) is 16.6 Å². The molecule has 1 amide bonds. The van der Waals surface area contributed by atoms with Gasteiger partial charge >= 0.3 is 5.63 Å². The lowest BCUT2D eigenvalue weighted by atomic mass is 10.0. The third-order valence-corrected chi connectivity index (χ3v) is 4.58. The molecule has 0 fully saturated rings. The molecule has 3 N–H and O–H groups in total. The molecule has 0 aliphatic heterocycles. The number of phenolic OH excluding ortho intramolecular Hbond substituents is 2. The molecule has 0 spiro atoms. The van der Waals surface area contributed by atoms with Crippen molar-refractivity contribution in [3.05, 3.63) is 62.4 Å². The molecule has 6 nitrogen and oxygen atoms in total. The number of fused-ring (bicyclic) bond motifs is 1. The lowest BCUT2D eigenvalue weighted by Crippen LogP contribution is -2.20. The van der Waals surface area contributed by atoms with Gasteiger partial charge in [0.2, 0.25) is 11.7 Å². The molecule has 2 aromatic carbocycles. The lowest BCUT2D eigenvalue weighted by Gasteiger charge is -2.10. The number of carbonyl (C=O) groups is 1. The van der Waals surface area contributed by atoms with Gasteiger partial charge in [-0.2, -0.15) is 0 Å². The molecule has 0 atom stereocenters. The quantitative estimate of drug-likeness (QED) is 0.459. The Bertz CT molecular complexity index is 1040. The Hall–Kier alpha value is -2.80. The highest BCUT2D eigenvalue weighted by atomic mass is 79.9. The minimum atomic E-state index is -0.729. The largest absolute Gasteiger partial charge is 0.504 e. The Morgan fingerprint density at radius 2 is 1.92 bits per heavy atom. The predicted molar refractivity (Wildman–Crippen MR) is 97.0 cm³/mol. The maximum Gasteiger partial charge on any atom is 0.340 e. The van der Waals surface area contributed by atoms with Crippen LogP contribution in [0.5, 0.6) is 11.5 Å². The Kier molecular flexibility index (Phi) is 4.50. The van der Waals surface area contributed by atoms with Crippen LogP contribution in [0.1, 0.15) is 11.1 Å². The molecule has 0 saturated heterocycles. The normalized spacial score (nSPS) is 10.8. The van der Waals surface area contributed by atoms with E-state index in [1.54, 1.807) is 25.1 Å². The van der Waals surface area contributed by atoms with Crippen LogP contribution in [-0.2, 0) is 11.2 Å². The summed E-state index contributed by atoms with van der Waals surface area (Å²) in [5, 5.41) is 22.5. The van der Waals surface area contributed by atoms with Crippen LogP contribution in [0.15, 0.2) is 50.1 Å². The molecule has 1 aromatic heterocycles. The fourth-order valence-electron chi connectivity index (χ4n) is 2.55. The Morgan fingerprint density at radius 1 is 1.20 bits per heavy atom. The number of halogens is 1. The number of carbonyl (C=O) groups excluding carboxylic acids is 1. The Labute approximate surface area is 150 Å². The first-order chi connectivity index (χ1) is 11.9. The van der Waals surface area contributed by atoms with Gasteiger partial charge in [-0.15, -0.1) is 0 Å². The van der Waals surface area contributed by atoms with Crippen LogP contribution >= 0.6 is 15.9 Å². The molecule has 3 rings (SSSR count). The number of anilines is 1. The second-order valence-electron chi connectivity index (χ2n) is 5.51. The number of amides is 1. The molecule has 0 radical (unpaired) electrons. The van der Waals surface area contributed by atoms with Crippen LogP contribution in [-0.4, -0.2) is 16.1 Å². The molecule has 0 aliphatic rings. The number of benzene rings is 2. The van der Waals surface area contributed by atoms with E-state index < -0.39 is 11.4 Å². The summed E-state index contributed by atoms with van der Waals surface area (Å²) in [5.74, 6) is -1.25. The average Bonchev–Trinajstić information content (AvgIpc) is 2.57. The van der Waals surface area contributed by atoms with Crippen molar-refractivity contribution in [2.45, 2.75) is 13.3 Å². The van der Waals surface area contributed by atoms with Crippen LogP contribution in [0, 0.1) is 6.92 Å². The minimum absolute atomic E-state index is 0.0996. The van der Waals surface area contributed by atoms with Gasteiger partial charge in [0.25, 0.3) is 0 Å². The molecule has 3 aromatic rings. The van der Waals surface area contributed by atoms with Gasteiger partial charge in [0, 0.05) is 9.86 Å². The smallest absolute Gasteiger partial charge is 0.340 e. The van der Waals surface area contributed by atoms with E-state index in [9.17, 15) is 19.8 Å². The second kappa shape index (κ2) is 6.60. The maximum atomic E-state index is 12.3. The van der Waals surface area contributed by atoms with Gasteiger partial charge in [-0.25, -0.2) is 4.79 Å². The van der Waals surface area contributed by atoms with E-state index in [2.05, 4.69) is 21.2 Å². The molecule has 1 heterocycles. The molecule has 0 unspecified atom stereocenters. The summed E-state index contributed by atoms with van der Waals surface area (Å²) in [6, 6.07) is 9.96. The first kappa shape index (κ1) is 17.0. The van der Waals surface area contributed by atoms with E-state index in [4.69, 9.17) is 4.42 Å². The number of hydrogen-bond acceptors (Lipinski definition) is 5. The molecule has 0 saturated carbocycles. The van der Waals surface area contributed by atoms with Crippen LogP contribution in [0.4, 0.5) is 5.69 Å². The lowest BCUT2D eigenvalue weighted by molar-refractivity contribution is -0.115. The van der Waals surface area contributed by atoms with Crippen molar-refractivity contribution >= 4 is 38.5 Å². The van der Waals surface area contributed by atoms with Crippen LogP contribution in [0.3, 0.4) is 0 Å². The number of aromatic hydroxyl groups is 2. The average molecular weight is 404 g/mol. The Morgan fingerprint density at radius 3 is 2.64 bits per heavy atom. The van der Waals surface area contributed by atoms with E-state index in [1.807, 2.05) is 6.07 Å². The molecule has 0 bridgehead atoms. The van der Waals surface area contributed by atoms with Gasteiger partial charge in [0.05, 0.1) is 17.7 Å². The zero-order valence-electron chi connectivity index (χ0n) is 13.2. The first-order valence-corrected chi connectivity index (χ1v) is 8.19. The van der Waals surface area contributed by atoms with Gasteiger partial charge < -0.3 is 19.9 Å². The molecule has 25 heavy (non-hydrogen) atoms. The topological polar surface area (TPSA) is 99.8 Å². The number of nitrogens with one attached hydrogen (secondary N) is 1. The Balaban J connectivity index is 1.97. The number of para-hydroxylation sites is 1. The van der Waals surface area contributed by atoms with E-state index in [0.717, 1.165) is 4.47 Å². The predicted octanol–water partition coefficient (Wildman–Crippen LogP) is 3.46. The van der Waals surface area contributed by atoms with E-state index >= 15 is 0 Å². The molecule has 128 valence electrons. The number of phenols is 2. The standard InChI is InChI=1S/C18H14BrNO5/c1-9-10-6-7-14(21)16(23)17(10)25-18(24)11(9)8-15(22)20-13-5-3-2-4-12(13)19/h2-7,21,23H,8H2,1H3,(H,20,22). The summed E-state index contributed by atoms with van der Waals surface area (Å²) < 4.78 is 5.83. The third-order valence-electron chi connectivity index (χ3n) is 3.89. The fraction of sp³-hybridized carbons (Fsp3) is 0.111. The first-order valence-electron chi connectivity index (χ1n) is 7.40. The minimum Gasteiger partial charge on any atom is -0.504 e. The molecule has 0 aliphatic carbocycles. The van der Waals surface area contributed by atoms with Crippen molar-refractivity contribution in [2.24, 2.45) is 0 Å². The fourth-order valence-corrected chi connectivity index (χ4v) is 2.94. The monoisotopic (exact) mass is 403 g/mol. The maximum absolute atomic E-state index is 12.3. The highest BCUT2D eigenvalue weighted by Crippen LogP contribution is 2.34. The van der Waals surface area contributed by atoms with E-state index in [-0.39, 0.29) is 29.2 Å². The highest BCUT2D eigenvalue weighted by Gasteiger charge is 2.18. The van der Waals surface area contributed by atoms with Crippen molar-refractivity contribution < 1.29 is 19.4 Å². The van der Waals surface area contributed by atoms with Gasteiger partial charge in [-0.1, -0.05) is 12.1 Å². The summed E-state index contributed by atoms with van der Waals surface area (Å²) in [6.07, 6.45) is -0.174. The summed E-state index contributed by atoms with van der Waals surface area (Å²) in [4.78, 5) is 24.5. The molecule has 7 heteroatoms. The van der Waals surface area contributed by atoms with Crippen molar-refractivity contribution in [1.82, 2.24) is 0 Å². The van der Waals surface area contributed by atoms with Gasteiger partial charge in [-0.05, 0) is 52.7 Å². The number of rotatable bonds is 3. The van der Waals surface area contributed by atoms with Crippen molar-refractivity contribution in [1.29, 1.82) is 0 Å². The van der Waals surface area contributed by atoms with Crippen LogP contribution in [0.25, 0.3) is 11.0 Å².